The quantitative estimate of drug-likeness (QED) is 0.153. The maximum Gasteiger partial charge on any atom is 0.417 e. The van der Waals surface area contributed by atoms with E-state index in [1.54, 1.807) is 19.1 Å². The number of nitrogens with zero attached hydrogens (tertiary/aromatic N) is 5. The van der Waals surface area contributed by atoms with E-state index in [9.17, 15) is 22.4 Å². The molecule has 212 valence electrons. The minimum absolute atomic E-state index is 0.0180. The largest absolute Gasteiger partial charge is 0.494 e. The Labute approximate surface area is 231 Å². The highest BCUT2D eigenvalue weighted by Gasteiger charge is 2.36. The number of hydrogen-bond donors (Lipinski definition) is 0. The SMILES string of the molecule is CCCOc1ccc(-c2cc(C(C(=O)OCC)n3cc4nc(-c5ccccc5F)nc-4cn3)on2)c(C(F)(F)F)c1. The predicted octanol–water partition coefficient (Wildman–Crippen LogP) is 6.20. The first-order valence-electron chi connectivity index (χ1n) is 12.6. The molecule has 3 aromatic rings. The number of rotatable bonds is 9. The third-order valence-electron chi connectivity index (χ3n) is 6.02. The Morgan fingerprint density at radius 2 is 1.80 bits per heavy atom. The summed E-state index contributed by atoms with van der Waals surface area (Å²) >= 11 is 0. The van der Waals surface area contributed by atoms with Gasteiger partial charge in [0.25, 0.3) is 0 Å². The monoisotopic (exact) mass is 569 g/mol. The van der Waals surface area contributed by atoms with E-state index in [-0.39, 0.29) is 53.1 Å². The summed E-state index contributed by atoms with van der Waals surface area (Å²) in [7, 11) is 0. The molecule has 2 aromatic carbocycles. The second-order valence-electron chi connectivity index (χ2n) is 8.87. The van der Waals surface area contributed by atoms with Crippen LogP contribution in [0, 0.1) is 5.82 Å². The number of benzene rings is 2. The predicted molar refractivity (Wildman–Crippen MR) is 137 cm³/mol. The Morgan fingerprint density at radius 1 is 1.02 bits per heavy atom. The van der Waals surface area contributed by atoms with Crippen LogP contribution in [-0.2, 0) is 15.7 Å². The summed E-state index contributed by atoms with van der Waals surface area (Å²) in [4.78, 5) is 21.7. The first kappa shape index (κ1) is 27.7. The molecule has 0 bridgehead atoms. The second-order valence-corrected chi connectivity index (χ2v) is 8.87. The summed E-state index contributed by atoms with van der Waals surface area (Å²) in [5, 5.41) is 8.05. The smallest absolute Gasteiger partial charge is 0.417 e. The van der Waals surface area contributed by atoms with Gasteiger partial charge in [0.05, 0.1) is 36.7 Å². The van der Waals surface area contributed by atoms with Gasteiger partial charge in [0.2, 0.25) is 6.04 Å². The van der Waals surface area contributed by atoms with Gasteiger partial charge in [0, 0.05) is 11.6 Å². The fraction of sp³-hybridized carbons (Fsp3) is 0.250. The molecule has 13 heteroatoms. The molecule has 41 heavy (non-hydrogen) atoms. The molecule has 0 amide bonds. The molecule has 3 heterocycles. The molecule has 0 radical (unpaired) electrons. The molecule has 0 N–H and O–H groups in total. The average Bonchev–Trinajstić information content (AvgIpc) is 3.59. The molecular formula is C28H23F4N5O4. The van der Waals surface area contributed by atoms with E-state index in [0.29, 0.717) is 12.1 Å². The molecule has 0 saturated carbocycles. The van der Waals surface area contributed by atoms with Gasteiger partial charge in [-0.1, -0.05) is 24.2 Å². The Balaban J connectivity index is 1.54. The van der Waals surface area contributed by atoms with Crippen molar-refractivity contribution in [3.05, 3.63) is 78.1 Å². The Hall–Kier alpha value is -4.81. The normalized spacial score (nSPS) is 12.4. The summed E-state index contributed by atoms with van der Waals surface area (Å²) in [5.41, 5.74) is -0.582. The molecule has 0 saturated heterocycles. The minimum Gasteiger partial charge on any atom is -0.494 e. The van der Waals surface area contributed by atoms with Gasteiger partial charge in [-0.05, 0) is 43.7 Å². The summed E-state index contributed by atoms with van der Waals surface area (Å²) in [5.74, 6) is -1.23. The fourth-order valence-corrected chi connectivity index (χ4v) is 4.15. The van der Waals surface area contributed by atoms with Crippen LogP contribution in [0.2, 0.25) is 0 Å². The molecule has 0 spiro atoms. The molecule has 1 atom stereocenters. The average molecular weight is 570 g/mol. The second kappa shape index (κ2) is 11.4. The van der Waals surface area contributed by atoms with Crippen LogP contribution in [0.1, 0.15) is 37.6 Å². The van der Waals surface area contributed by atoms with Gasteiger partial charge in [-0.3, -0.25) is 0 Å². The lowest BCUT2D eigenvalue weighted by Gasteiger charge is -2.15. The van der Waals surface area contributed by atoms with Crippen LogP contribution < -0.4 is 4.74 Å². The number of hydrogen-bond acceptors (Lipinski definition) is 8. The minimum atomic E-state index is -4.71. The third kappa shape index (κ3) is 5.74. The zero-order valence-corrected chi connectivity index (χ0v) is 21.9. The van der Waals surface area contributed by atoms with E-state index in [0.717, 1.165) is 6.07 Å². The van der Waals surface area contributed by atoms with Gasteiger partial charge >= 0.3 is 12.1 Å². The van der Waals surface area contributed by atoms with E-state index in [1.807, 2.05) is 6.92 Å². The first-order chi connectivity index (χ1) is 19.7. The van der Waals surface area contributed by atoms with E-state index < -0.39 is 29.6 Å². The molecule has 2 aliphatic rings. The number of esters is 1. The van der Waals surface area contributed by atoms with Crippen molar-refractivity contribution in [1.29, 1.82) is 0 Å². The van der Waals surface area contributed by atoms with Crippen molar-refractivity contribution in [2.75, 3.05) is 13.2 Å². The Kier molecular flexibility index (Phi) is 7.68. The van der Waals surface area contributed by atoms with Crippen molar-refractivity contribution in [3.63, 3.8) is 0 Å². The van der Waals surface area contributed by atoms with Gasteiger partial charge < -0.3 is 14.0 Å². The summed E-state index contributed by atoms with van der Waals surface area (Å²) in [6, 6.07) is 9.40. The van der Waals surface area contributed by atoms with Gasteiger partial charge in [0.1, 0.15) is 28.6 Å². The lowest BCUT2D eigenvalue weighted by atomic mass is 10.0. The summed E-state index contributed by atoms with van der Waals surface area (Å²) < 4.78 is 73.3. The van der Waals surface area contributed by atoms with Crippen LogP contribution >= 0.6 is 0 Å². The van der Waals surface area contributed by atoms with Crippen molar-refractivity contribution >= 4 is 5.97 Å². The number of fused-ring (bicyclic) bond motifs is 1. The van der Waals surface area contributed by atoms with Crippen LogP contribution in [0.25, 0.3) is 34.0 Å². The van der Waals surface area contributed by atoms with Gasteiger partial charge in [-0.15, -0.1) is 0 Å². The lowest BCUT2D eigenvalue weighted by Crippen LogP contribution is -2.24. The maximum atomic E-state index is 14.3. The highest BCUT2D eigenvalue weighted by Crippen LogP contribution is 2.40. The van der Waals surface area contributed by atoms with Crippen LogP contribution in [0.5, 0.6) is 5.75 Å². The van der Waals surface area contributed by atoms with Crippen LogP contribution in [0.3, 0.4) is 0 Å². The number of alkyl halides is 3. The topological polar surface area (TPSA) is 105 Å². The van der Waals surface area contributed by atoms with Gasteiger partial charge in [0.15, 0.2) is 11.6 Å². The van der Waals surface area contributed by atoms with Crippen molar-refractivity contribution in [2.24, 2.45) is 0 Å². The van der Waals surface area contributed by atoms with Gasteiger partial charge in [-0.2, -0.15) is 18.3 Å². The molecule has 0 aliphatic carbocycles. The van der Waals surface area contributed by atoms with Crippen molar-refractivity contribution in [1.82, 2.24) is 24.9 Å². The molecule has 2 aliphatic heterocycles. The Morgan fingerprint density at radius 3 is 2.54 bits per heavy atom. The van der Waals surface area contributed by atoms with E-state index >= 15 is 0 Å². The van der Waals surface area contributed by atoms with E-state index in [1.165, 1.54) is 47.4 Å². The van der Waals surface area contributed by atoms with Crippen LogP contribution in [0.4, 0.5) is 17.6 Å². The zero-order chi connectivity index (χ0) is 29.1. The van der Waals surface area contributed by atoms with Gasteiger partial charge in [-0.25, -0.2) is 23.8 Å². The lowest BCUT2D eigenvalue weighted by molar-refractivity contribution is -0.146. The molecule has 1 unspecified atom stereocenters. The van der Waals surface area contributed by atoms with Crippen LogP contribution in [-0.4, -0.2) is 44.1 Å². The summed E-state index contributed by atoms with van der Waals surface area (Å²) in [6.45, 7) is 3.72. The number of ether oxygens (including phenoxy) is 2. The number of aromatic nitrogens is 5. The molecule has 1 aromatic heterocycles. The molecular weight excluding hydrogens is 546 g/mol. The molecule has 9 nitrogen and oxygen atoms in total. The molecule has 0 fully saturated rings. The Bertz CT molecular complexity index is 1650. The van der Waals surface area contributed by atoms with Crippen molar-refractivity contribution < 1.29 is 36.4 Å². The van der Waals surface area contributed by atoms with E-state index in [2.05, 4.69) is 20.2 Å². The number of carbonyl (C=O) groups is 1. The zero-order valence-electron chi connectivity index (χ0n) is 21.9. The fourth-order valence-electron chi connectivity index (χ4n) is 4.15. The van der Waals surface area contributed by atoms with E-state index in [4.69, 9.17) is 14.0 Å². The maximum absolute atomic E-state index is 14.3. The number of halogens is 4. The number of imidazole rings is 1. The first-order valence-corrected chi connectivity index (χ1v) is 12.6. The highest BCUT2D eigenvalue weighted by atomic mass is 19.4. The summed E-state index contributed by atoms with van der Waals surface area (Å²) in [6.07, 6.45) is -1.37. The van der Waals surface area contributed by atoms with Crippen molar-refractivity contribution in [3.8, 4) is 39.8 Å². The highest BCUT2D eigenvalue weighted by molar-refractivity contribution is 5.78. The standard InChI is InChI=1S/C28H23F4N5O4/c1-3-11-40-16-9-10-17(19(12-16)28(30,31)32)21-13-24(41-36-21)25(27(38)39-4-2)37-15-23-22(14-33-37)34-26(35-23)18-7-5-6-8-20(18)29/h5-10,12-15,25H,3-4,11H2,1-2H3. The number of carbonyl (C=O) groups excluding carboxylic acids is 1. The third-order valence-corrected chi connectivity index (χ3v) is 6.02. The van der Waals surface area contributed by atoms with Crippen LogP contribution in [0.15, 0.2) is 65.4 Å². The molecule has 5 rings (SSSR count). The van der Waals surface area contributed by atoms with Crippen molar-refractivity contribution in [2.45, 2.75) is 32.5 Å².